The van der Waals surface area contributed by atoms with Crippen molar-refractivity contribution in [3.05, 3.63) is 70.0 Å². The van der Waals surface area contributed by atoms with Crippen LogP contribution in [-0.4, -0.2) is 37.7 Å². The number of nitrogens with one attached hydrogen (secondary N) is 1. The van der Waals surface area contributed by atoms with Crippen LogP contribution in [0.15, 0.2) is 58.8 Å². The van der Waals surface area contributed by atoms with Gasteiger partial charge in [0.05, 0.1) is 15.6 Å². The van der Waals surface area contributed by atoms with E-state index in [2.05, 4.69) is 10.3 Å². The second-order valence-electron chi connectivity index (χ2n) is 6.45. The maximum absolute atomic E-state index is 12.4. The van der Waals surface area contributed by atoms with E-state index in [-0.39, 0.29) is 10.8 Å². The number of hydrogen-bond donors (Lipinski definition) is 1. The highest BCUT2D eigenvalue weighted by molar-refractivity contribution is 7.89. The zero-order valence-electron chi connectivity index (χ0n) is 15.8. The first-order chi connectivity index (χ1) is 13.3. The molecule has 1 aromatic heterocycles. The molecule has 1 heterocycles. The maximum atomic E-state index is 12.4. The molecule has 0 aliphatic heterocycles. The normalized spacial score (nSPS) is 11.6. The number of hydrogen-bond acceptors (Lipinski definition) is 5. The van der Waals surface area contributed by atoms with Gasteiger partial charge in [0, 0.05) is 37.1 Å². The van der Waals surface area contributed by atoms with Gasteiger partial charge in [-0.2, -0.15) is 0 Å². The van der Waals surface area contributed by atoms with Gasteiger partial charge in [-0.1, -0.05) is 30.3 Å². The molecule has 6 nitrogen and oxygen atoms in total. The Morgan fingerprint density at radius 3 is 2.46 bits per heavy atom. The van der Waals surface area contributed by atoms with Gasteiger partial charge in [0.25, 0.3) is 5.91 Å². The monoisotopic (exact) mass is 415 g/mol. The lowest BCUT2D eigenvalue weighted by Gasteiger charge is -2.12. The highest BCUT2D eigenvalue weighted by Crippen LogP contribution is 2.22. The van der Waals surface area contributed by atoms with E-state index in [1.54, 1.807) is 23.5 Å². The van der Waals surface area contributed by atoms with E-state index in [9.17, 15) is 13.2 Å². The summed E-state index contributed by atoms with van der Waals surface area (Å²) in [5, 5.41) is 5.86. The smallest absolute Gasteiger partial charge is 0.251 e. The zero-order chi connectivity index (χ0) is 20.3. The first-order valence-electron chi connectivity index (χ1n) is 8.59. The second kappa shape index (κ2) is 8.22. The predicted molar refractivity (Wildman–Crippen MR) is 111 cm³/mol. The lowest BCUT2D eigenvalue weighted by Crippen LogP contribution is -2.25. The number of amides is 1. The third-order valence-corrected chi connectivity index (χ3v) is 6.78. The number of aryl methyl sites for hydroxylation is 1. The third-order valence-electron chi connectivity index (χ3n) is 4.20. The van der Waals surface area contributed by atoms with Crippen LogP contribution in [-0.2, 0) is 16.6 Å². The zero-order valence-corrected chi connectivity index (χ0v) is 17.5. The Bertz CT molecular complexity index is 1090. The summed E-state index contributed by atoms with van der Waals surface area (Å²) in [7, 11) is -0.667. The number of carbonyl (C=O) groups is 1. The van der Waals surface area contributed by atoms with E-state index in [4.69, 9.17) is 0 Å². The summed E-state index contributed by atoms with van der Waals surface area (Å²) in [5.41, 5.74) is 3.22. The number of aromatic nitrogens is 1. The molecule has 0 bridgehead atoms. The van der Waals surface area contributed by atoms with Crippen LogP contribution >= 0.6 is 11.3 Å². The molecule has 3 aromatic rings. The fourth-order valence-electron chi connectivity index (χ4n) is 2.58. The lowest BCUT2D eigenvalue weighted by molar-refractivity contribution is 0.0950. The fourth-order valence-corrected chi connectivity index (χ4v) is 4.15. The first-order valence-corrected chi connectivity index (χ1v) is 10.9. The van der Waals surface area contributed by atoms with Crippen molar-refractivity contribution in [1.29, 1.82) is 0 Å². The molecule has 0 spiro atoms. The quantitative estimate of drug-likeness (QED) is 0.670. The Morgan fingerprint density at radius 1 is 1.14 bits per heavy atom. The number of nitrogens with zero attached hydrogens (tertiary/aromatic N) is 2. The first kappa shape index (κ1) is 20.2. The van der Waals surface area contributed by atoms with Crippen molar-refractivity contribution in [3.63, 3.8) is 0 Å². The van der Waals surface area contributed by atoms with Crippen LogP contribution in [0, 0.1) is 6.92 Å². The van der Waals surface area contributed by atoms with Gasteiger partial charge in [-0.15, -0.1) is 11.3 Å². The van der Waals surface area contributed by atoms with E-state index >= 15 is 0 Å². The van der Waals surface area contributed by atoms with Crippen molar-refractivity contribution in [1.82, 2.24) is 14.6 Å². The Morgan fingerprint density at radius 2 is 1.86 bits per heavy atom. The summed E-state index contributed by atoms with van der Waals surface area (Å²) in [4.78, 5) is 17.0. The molecule has 1 N–H and O–H groups in total. The summed E-state index contributed by atoms with van der Waals surface area (Å²) >= 11 is 1.61. The van der Waals surface area contributed by atoms with E-state index in [1.807, 2.05) is 36.6 Å². The number of carbonyl (C=O) groups excluding carboxylic acids is 1. The summed E-state index contributed by atoms with van der Waals surface area (Å²) in [5.74, 6) is -0.324. The number of thiazole rings is 1. The number of sulfonamides is 1. The van der Waals surface area contributed by atoms with Gasteiger partial charge in [-0.05, 0) is 30.7 Å². The summed E-state index contributed by atoms with van der Waals surface area (Å²) < 4.78 is 25.6. The average molecular weight is 416 g/mol. The predicted octanol–water partition coefficient (Wildman–Crippen LogP) is 3.30. The molecular weight excluding hydrogens is 394 g/mol. The van der Waals surface area contributed by atoms with Crippen LogP contribution in [0.1, 0.15) is 20.9 Å². The minimum atomic E-state index is -3.58. The summed E-state index contributed by atoms with van der Waals surface area (Å²) in [6.07, 6.45) is 0. The van der Waals surface area contributed by atoms with E-state index < -0.39 is 10.0 Å². The van der Waals surface area contributed by atoms with Crippen molar-refractivity contribution >= 4 is 27.3 Å². The van der Waals surface area contributed by atoms with Gasteiger partial charge in [-0.25, -0.2) is 17.7 Å². The molecule has 0 aliphatic rings. The topological polar surface area (TPSA) is 79.4 Å². The van der Waals surface area contributed by atoms with Crippen LogP contribution in [0.5, 0.6) is 0 Å². The molecular formula is C20H21N3O3S2. The molecule has 0 saturated carbocycles. The van der Waals surface area contributed by atoms with Crippen LogP contribution < -0.4 is 5.32 Å². The molecule has 3 rings (SSSR count). The van der Waals surface area contributed by atoms with E-state index in [1.165, 1.54) is 26.2 Å². The van der Waals surface area contributed by atoms with Crippen molar-refractivity contribution in [2.24, 2.45) is 0 Å². The van der Waals surface area contributed by atoms with Gasteiger partial charge in [0.1, 0.15) is 0 Å². The average Bonchev–Trinajstić information content (AvgIpc) is 3.13. The lowest BCUT2D eigenvalue weighted by atomic mass is 10.1. The van der Waals surface area contributed by atoms with Crippen LogP contribution in [0.2, 0.25) is 0 Å². The van der Waals surface area contributed by atoms with Gasteiger partial charge in [0.2, 0.25) is 10.0 Å². The maximum Gasteiger partial charge on any atom is 0.251 e. The molecule has 0 fully saturated rings. The molecule has 0 aliphatic carbocycles. The van der Waals surface area contributed by atoms with Crippen LogP contribution in [0.25, 0.3) is 11.3 Å². The van der Waals surface area contributed by atoms with Crippen molar-refractivity contribution in [2.45, 2.75) is 18.4 Å². The largest absolute Gasteiger partial charge is 0.348 e. The molecule has 2 aromatic carbocycles. The Balaban J connectivity index is 1.67. The Kier molecular flexibility index (Phi) is 5.93. The molecule has 28 heavy (non-hydrogen) atoms. The van der Waals surface area contributed by atoms with Gasteiger partial charge in [-0.3, -0.25) is 4.79 Å². The highest BCUT2D eigenvalue weighted by atomic mass is 32.2. The van der Waals surface area contributed by atoms with E-state index in [0.717, 1.165) is 26.1 Å². The summed E-state index contributed by atoms with van der Waals surface area (Å²) in [6.45, 7) is 2.32. The van der Waals surface area contributed by atoms with Crippen molar-refractivity contribution < 1.29 is 13.2 Å². The van der Waals surface area contributed by atoms with Crippen LogP contribution in [0.4, 0.5) is 0 Å². The molecule has 0 atom stereocenters. The van der Waals surface area contributed by atoms with E-state index in [0.29, 0.717) is 12.1 Å². The minimum absolute atomic E-state index is 0.0908. The summed E-state index contributed by atoms with van der Waals surface area (Å²) in [6, 6.07) is 13.9. The highest BCUT2D eigenvalue weighted by Gasteiger charge is 2.18. The second-order valence-corrected chi connectivity index (χ2v) is 9.66. The Labute approximate surface area is 168 Å². The molecule has 0 saturated heterocycles. The number of benzene rings is 2. The standard InChI is InChI=1S/C20H21N3O3S2/c1-14-22-19(13-27-14)16-9-7-15(8-10-16)12-21-20(24)17-5-4-6-18(11-17)28(25,26)23(2)3/h4-11,13H,12H2,1-3H3,(H,21,24). The molecule has 8 heteroatoms. The van der Waals surface area contributed by atoms with Gasteiger partial charge >= 0.3 is 0 Å². The molecule has 1 amide bonds. The molecule has 0 unspecified atom stereocenters. The fraction of sp³-hybridized carbons (Fsp3) is 0.200. The van der Waals surface area contributed by atoms with Crippen LogP contribution in [0.3, 0.4) is 0 Å². The minimum Gasteiger partial charge on any atom is -0.348 e. The third kappa shape index (κ3) is 4.46. The van der Waals surface area contributed by atoms with Crippen molar-refractivity contribution in [3.8, 4) is 11.3 Å². The molecule has 146 valence electrons. The van der Waals surface area contributed by atoms with Gasteiger partial charge in [0.15, 0.2) is 0 Å². The van der Waals surface area contributed by atoms with Crippen molar-refractivity contribution in [2.75, 3.05) is 14.1 Å². The SMILES string of the molecule is Cc1nc(-c2ccc(CNC(=O)c3cccc(S(=O)(=O)N(C)C)c3)cc2)cs1. The van der Waals surface area contributed by atoms with Gasteiger partial charge < -0.3 is 5.32 Å². The number of rotatable bonds is 6. The molecule has 0 radical (unpaired) electrons. The Hall–Kier alpha value is -2.55.